The van der Waals surface area contributed by atoms with Crippen LogP contribution < -0.4 is 17.2 Å². The number of nitrogens with zero attached hydrogens (tertiary/aromatic N) is 3. The summed E-state index contributed by atoms with van der Waals surface area (Å²) in [5, 5.41) is 20.0. The lowest BCUT2D eigenvalue weighted by molar-refractivity contribution is -0.0781. The maximum absolute atomic E-state index is 11.9. The number of aromatic nitrogens is 3. The van der Waals surface area contributed by atoms with Crippen LogP contribution in [-0.2, 0) is 4.74 Å². The fraction of sp³-hybridized carbons (Fsp3) is 0.583. The molecule has 9 nitrogen and oxygen atoms in total. The summed E-state index contributed by atoms with van der Waals surface area (Å²) in [6, 6.07) is 0. The van der Waals surface area contributed by atoms with E-state index < -0.39 is 35.8 Å². The van der Waals surface area contributed by atoms with Gasteiger partial charge >= 0.3 is 5.69 Å². The van der Waals surface area contributed by atoms with Crippen molar-refractivity contribution in [2.45, 2.75) is 43.9 Å². The number of rotatable bonds is 2. The van der Waals surface area contributed by atoms with Crippen molar-refractivity contribution in [3.05, 3.63) is 16.8 Å². The van der Waals surface area contributed by atoms with Crippen LogP contribution in [0.1, 0.15) is 20.1 Å². The van der Waals surface area contributed by atoms with Gasteiger partial charge in [-0.05, 0) is 13.8 Å². The second kappa shape index (κ2) is 5.42. The van der Waals surface area contributed by atoms with E-state index in [4.69, 9.17) is 16.2 Å². The number of nitrogens with two attached hydrogens (primary N) is 2. The monoisotopic (exact) mass is 295 g/mol. The molecule has 0 amide bonds. The maximum Gasteiger partial charge on any atom is 0.354 e. The number of anilines is 1. The number of ether oxygens (including phenoxy) is 1. The van der Waals surface area contributed by atoms with Gasteiger partial charge < -0.3 is 26.4 Å². The first-order valence-electron chi connectivity index (χ1n) is 6.26. The van der Waals surface area contributed by atoms with Crippen LogP contribution in [0.25, 0.3) is 0 Å². The molecule has 1 unspecified atom stereocenters. The molecule has 0 radical (unpaired) electrons. The van der Waals surface area contributed by atoms with Gasteiger partial charge in [-0.3, -0.25) is 4.57 Å². The topological polar surface area (TPSA) is 150 Å². The number of nitrogen functional groups attached to an aromatic ring is 1. The number of aliphatic hydroxyl groups is 2. The summed E-state index contributed by atoms with van der Waals surface area (Å²) in [5.74, 6) is 5.05. The highest BCUT2D eigenvalue weighted by molar-refractivity contribution is 5.25. The average Bonchev–Trinajstić information content (AvgIpc) is 2.64. The van der Waals surface area contributed by atoms with Crippen LogP contribution in [0.5, 0.6) is 0 Å². The number of hydrogen-bond donors (Lipinski definition) is 4. The third kappa shape index (κ3) is 2.50. The second-order valence-electron chi connectivity index (χ2n) is 4.85. The average molecular weight is 295 g/mol. The lowest BCUT2D eigenvalue weighted by Gasteiger charge is -2.27. The third-order valence-electron chi connectivity index (χ3n) is 3.31. The smallest absolute Gasteiger partial charge is 0.354 e. The minimum absolute atomic E-state index is 0.189. The Labute approximate surface area is 120 Å². The highest BCUT2D eigenvalue weighted by Crippen LogP contribution is 2.36. The molecule has 1 saturated heterocycles. The lowest BCUT2D eigenvalue weighted by Crippen LogP contribution is -2.55. The van der Waals surface area contributed by atoms with Crippen LogP contribution in [0.2, 0.25) is 0 Å². The van der Waals surface area contributed by atoms with Crippen molar-refractivity contribution in [3.8, 4) is 11.8 Å². The van der Waals surface area contributed by atoms with Crippen LogP contribution >= 0.6 is 0 Å². The van der Waals surface area contributed by atoms with E-state index in [0.29, 0.717) is 0 Å². The maximum atomic E-state index is 11.9. The normalized spacial score (nSPS) is 33.3. The van der Waals surface area contributed by atoms with E-state index in [-0.39, 0.29) is 5.95 Å². The van der Waals surface area contributed by atoms with Crippen LogP contribution in [-0.4, -0.2) is 48.6 Å². The Balaban J connectivity index is 2.54. The molecule has 114 valence electrons. The lowest BCUT2D eigenvalue weighted by atomic mass is 9.90. The molecule has 0 saturated carbocycles. The van der Waals surface area contributed by atoms with Crippen molar-refractivity contribution in [1.82, 2.24) is 14.5 Å². The molecule has 0 aliphatic carbocycles. The Morgan fingerprint density at radius 2 is 2.29 bits per heavy atom. The predicted octanol–water partition coefficient (Wildman–Crippen LogP) is -2.42. The summed E-state index contributed by atoms with van der Waals surface area (Å²) in [7, 11) is 0. The highest BCUT2D eigenvalue weighted by Gasteiger charge is 2.55. The first-order chi connectivity index (χ1) is 9.81. The van der Waals surface area contributed by atoms with Gasteiger partial charge in [0, 0.05) is 0 Å². The van der Waals surface area contributed by atoms with Crippen molar-refractivity contribution in [2.75, 3.05) is 5.73 Å². The largest absolute Gasteiger partial charge is 0.391 e. The quantitative estimate of drug-likeness (QED) is 0.440. The van der Waals surface area contributed by atoms with E-state index in [2.05, 4.69) is 21.8 Å². The zero-order valence-corrected chi connectivity index (χ0v) is 11.6. The van der Waals surface area contributed by atoms with E-state index in [1.54, 1.807) is 0 Å². The molecule has 0 spiro atoms. The molecule has 0 bridgehead atoms. The number of aliphatic hydroxyl groups excluding tert-OH is 2. The second-order valence-corrected chi connectivity index (χ2v) is 4.85. The summed E-state index contributed by atoms with van der Waals surface area (Å²) in [4.78, 5) is 19.1. The van der Waals surface area contributed by atoms with Gasteiger partial charge in [0.2, 0.25) is 5.95 Å². The fourth-order valence-electron chi connectivity index (χ4n) is 2.30. The van der Waals surface area contributed by atoms with Gasteiger partial charge in [0.1, 0.15) is 18.5 Å². The molecule has 2 rings (SSSR count). The highest BCUT2D eigenvalue weighted by atomic mass is 16.5. The van der Waals surface area contributed by atoms with Crippen molar-refractivity contribution >= 4 is 5.95 Å². The summed E-state index contributed by atoms with van der Waals surface area (Å²) >= 11 is 0. The molecule has 1 aromatic heterocycles. The first-order valence-corrected chi connectivity index (χ1v) is 6.26. The van der Waals surface area contributed by atoms with Crippen LogP contribution in [0.3, 0.4) is 0 Å². The van der Waals surface area contributed by atoms with E-state index >= 15 is 0 Å². The Kier molecular flexibility index (Phi) is 3.97. The summed E-state index contributed by atoms with van der Waals surface area (Å²) in [6.07, 6.45) is -3.32. The van der Waals surface area contributed by atoms with Gasteiger partial charge in [-0.15, -0.1) is 5.92 Å². The van der Waals surface area contributed by atoms with Crippen LogP contribution in [0.15, 0.2) is 11.1 Å². The molecule has 1 fully saturated rings. The third-order valence-corrected chi connectivity index (χ3v) is 3.31. The first kappa shape index (κ1) is 15.4. The van der Waals surface area contributed by atoms with Crippen molar-refractivity contribution in [1.29, 1.82) is 0 Å². The summed E-state index contributed by atoms with van der Waals surface area (Å²) in [6.45, 7) is 2.98. The molecule has 0 aromatic carbocycles. The molecular weight excluding hydrogens is 278 g/mol. The zero-order chi connectivity index (χ0) is 15.8. The van der Waals surface area contributed by atoms with E-state index in [0.717, 1.165) is 10.9 Å². The summed E-state index contributed by atoms with van der Waals surface area (Å²) < 4.78 is 6.52. The molecule has 21 heavy (non-hydrogen) atoms. The Hall–Kier alpha value is -1.99. The van der Waals surface area contributed by atoms with Gasteiger partial charge in [0.15, 0.2) is 11.8 Å². The molecule has 1 aliphatic heterocycles. The molecule has 2 heterocycles. The fourth-order valence-corrected chi connectivity index (χ4v) is 2.30. The van der Waals surface area contributed by atoms with Gasteiger partial charge in [-0.25, -0.2) is 9.78 Å². The standard InChI is InChI=1S/C12H17N5O4/c1-3-4-12(14)8(19)7(6(2)18)21-9(12)17-5-15-10(13)16-11(17)20/h5-9,18-19H,14H2,1-2H3,(H2,13,16,20)/t6-,7-,8?,9-,12-/m1/s1. The van der Waals surface area contributed by atoms with Crippen molar-refractivity contribution in [2.24, 2.45) is 5.73 Å². The molecule has 5 atom stereocenters. The molecule has 1 aliphatic rings. The van der Waals surface area contributed by atoms with Gasteiger partial charge in [-0.1, -0.05) is 5.92 Å². The molecule has 1 aromatic rings. The zero-order valence-electron chi connectivity index (χ0n) is 11.6. The molecular formula is C12H17N5O4. The van der Waals surface area contributed by atoms with Crippen LogP contribution in [0, 0.1) is 11.8 Å². The Bertz CT molecular complexity index is 649. The van der Waals surface area contributed by atoms with E-state index in [1.807, 2.05) is 0 Å². The van der Waals surface area contributed by atoms with E-state index in [9.17, 15) is 15.0 Å². The Morgan fingerprint density at radius 1 is 1.62 bits per heavy atom. The minimum atomic E-state index is -1.58. The predicted molar refractivity (Wildman–Crippen MR) is 72.7 cm³/mol. The van der Waals surface area contributed by atoms with E-state index in [1.165, 1.54) is 13.8 Å². The number of hydrogen-bond acceptors (Lipinski definition) is 8. The van der Waals surface area contributed by atoms with Crippen molar-refractivity contribution in [3.63, 3.8) is 0 Å². The minimum Gasteiger partial charge on any atom is -0.391 e. The van der Waals surface area contributed by atoms with Crippen LogP contribution in [0.4, 0.5) is 5.95 Å². The van der Waals surface area contributed by atoms with Gasteiger partial charge in [0.25, 0.3) is 0 Å². The van der Waals surface area contributed by atoms with Crippen molar-refractivity contribution < 1.29 is 14.9 Å². The molecule has 9 heteroatoms. The SMILES string of the molecule is CC#C[C@@]1(N)C(O)[C@@H]([C@@H](C)O)O[C@H]1n1cnc(N)nc1=O. The molecule has 6 N–H and O–H groups in total. The Morgan fingerprint density at radius 3 is 2.81 bits per heavy atom. The van der Waals surface area contributed by atoms with Gasteiger partial charge in [0.05, 0.1) is 6.10 Å². The summed E-state index contributed by atoms with van der Waals surface area (Å²) in [5.41, 5.74) is 9.13. The van der Waals surface area contributed by atoms with Gasteiger partial charge in [-0.2, -0.15) is 4.98 Å².